The average molecular weight is 305 g/mol. The van der Waals surface area contributed by atoms with E-state index < -0.39 is 0 Å². The number of para-hydroxylation sites is 1. The first-order chi connectivity index (χ1) is 10.2. The van der Waals surface area contributed by atoms with E-state index in [1.807, 2.05) is 24.3 Å². The molecule has 0 aliphatic carbocycles. The third kappa shape index (κ3) is 3.58. The summed E-state index contributed by atoms with van der Waals surface area (Å²) in [5, 5.41) is 12.7. The molecule has 1 saturated heterocycles. The van der Waals surface area contributed by atoms with E-state index in [4.69, 9.17) is 0 Å². The Morgan fingerprint density at radius 3 is 3.14 bits per heavy atom. The first-order valence-electron chi connectivity index (χ1n) is 7.23. The molecule has 1 aromatic heterocycles. The highest BCUT2D eigenvalue weighted by Crippen LogP contribution is 2.25. The number of piperidine rings is 1. The first-order valence-corrected chi connectivity index (χ1v) is 8.05. The second-order valence-electron chi connectivity index (χ2n) is 5.46. The summed E-state index contributed by atoms with van der Waals surface area (Å²) in [4.78, 5) is 18.6. The number of benzene rings is 1. The van der Waals surface area contributed by atoms with E-state index in [0.29, 0.717) is 17.6 Å². The normalized spacial score (nSPS) is 19.8. The molecule has 5 nitrogen and oxygen atoms in total. The molecule has 21 heavy (non-hydrogen) atoms. The highest BCUT2D eigenvalue weighted by molar-refractivity contribution is 7.22. The van der Waals surface area contributed by atoms with Crippen LogP contribution in [0.25, 0.3) is 10.2 Å². The summed E-state index contributed by atoms with van der Waals surface area (Å²) in [6.07, 6.45) is 2.09. The van der Waals surface area contributed by atoms with Crippen LogP contribution in [0, 0.1) is 5.92 Å². The summed E-state index contributed by atoms with van der Waals surface area (Å²) in [5.41, 5.74) is 0.913. The molecule has 0 spiro atoms. The van der Waals surface area contributed by atoms with Gasteiger partial charge in [0, 0.05) is 13.2 Å². The molecule has 1 fully saturated rings. The van der Waals surface area contributed by atoms with Crippen LogP contribution in [-0.2, 0) is 4.79 Å². The van der Waals surface area contributed by atoms with Gasteiger partial charge in [0.25, 0.3) is 0 Å². The minimum Gasteiger partial charge on any atom is -0.396 e. The predicted molar refractivity (Wildman–Crippen MR) is 84.5 cm³/mol. The number of nitrogens with one attached hydrogen (secondary N) is 1. The number of carbonyl (C=O) groups is 1. The van der Waals surface area contributed by atoms with Crippen molar-refractivity contribution in [1.82, 2.24) is 9.88 Å². The second kappa shape index (κ2) is 6.51. The van der Waals surface area contributed by atoms with E-state index in [9.17, 15) is 9.90 Å². The van der Waals surface area contributed by atoms with Crippen molar-refractivity contribution in [2.75, 3.05) is 31.6 Å². The van der Waals surface area contributed by atoms with E-state index in [2.05, 4.69) is 15.2 Å². The molecule has 1 aliphatic heterocycles. The van der Waals surface area contributed by atoms with Gasteiger partial charge in [0.05, 0.1) is 16.8 Å². The van der Waals surface area contributed by atoms with Gasteiger partial charge in [0.1, 0.15) is 0 Å². The number of aliphatic hydroxyl groups is 1. The number of aliphatic hydroxyl groups excluding tert-OH is 1. The molecule has 3 rings (SSSR count). The van der Waals surface area contributed by atoms with E-state index in [1.54, 1.807) is 0 Å². The number of hydrogen-bond acceptors (Lipinski definition) is 5. The first kappa shape index (κ1) is 14.4. The van der Waals surface area contributed by atoms with Gasteiger partial charge >= 0.3 is 0 Å². The van der Waals surface area contributed by atoms with Crippen molar-refractivity contribution in [1.29, 1.82) is 0 Å². The number of likely N-dealkylation sites (tertiary alicyclic amines) is 1. The molecule has 0 bridgehead atoms. The van der Waals surface area contributed by atoms with Gasteiger partial charge in [-0.25, -0.2) is 4.98 Å². The molecule has 1 aromatic carbocycles. The van der Waals surface area contributed by atoms with Gasteiger partial charge < -0.3 is 10.4 Å². The van der Waals surface area contributed by atoms with Crippen molar-refractivity contribution < 1.29 is 9.90 Å². The number of aromatic nitrogens is 1. The Bertz CT molecular complexity index is 595. The summed E-state index contributed by atoms with van der Waals surface area (Å²) in [6.45, 7) is 2.29. The highest BCUT2D eigenvalue weighted by Gasteiger charge is 2.21. The molecular weight excluding hydrogens is 286 g/mol. The zero-order chi connectivity index (χ0) is 14.7. The lowest BCUT2D eigenvalue weighted by Gasteiger charge is -2.30. The number of thiazole rings is 1. The van der Waals surface area contributed by atoms with Crippen LogP contribution >= 0.6 is 11.3 Å². The smallest absolute Gasteiger partial charge is 0.240 e. The van der Waals surface area contributed by atoms with E-state index in [-0.39, 0.29) is 12.5 Å². The molecule has 112 valence electrons. The number of amides is 1. The molecule has 2 N–H and O–H groups in total. The zero-order valence-corrected chi connectivity index (χ0v) is 12.6. The van der Waals surface area contributed by atoms with Crippen molar-refractivity contribution in [2.45, 2.75) is 12.8 Å². The number of rotatable bonds is 4. The van der Waals surface area contributed by atoms with Gasteiger partial charge in [-0.15, -0.1) is 0 Å². The van der Waals surface area contributed by atoms with Gasteiger partial charge in [-0.1, -0.05) is 23.5 Å². The molecule has 1 amide bonds. The second-order valence-corrected chi connectivity index (χ2v) is 6.49. The van der Waals surface area contributed by atoms with Crippen molar-refractivity contribution in [2.24, 2.45) is 5.92 Å². The topological polar surface area (TPSA) is 65.5 Å². The number of nitrogens with zero attached hydrogens (tertiary/aromatic N) is 2. The highest BCUT2D eigenvalue weighted by atomic mass is 32.1. The Balaban J connectivity index is 1.58. The molecule has 2 aromatic rings. The fourth-order valence-corrected chi connectivity index (χ4v) is 3.61. The minimum atomic E-state index is -0.0346. The summed E-state index contributed by atoms with van der Waals surface area (Å²) in [5.74, 6) is 0.265. The average Bonchev–Trinajstić information content (AvgIpc) is 2.89. The maximum atomic E-state index is 12.1. The van der Waals surface area contributed by atoms with Crippen LogP contribution in [0.5, 0.6) is 0 Å². The van der Waals surface area contributed by atoms with Crippen LogP contribution in [0.2, 0.25) is 0 Å². The van der Waals surface area contributed by atoms with Gasteiger partial charge in [-0.2, -0.15) is 0 Å². The third-order valence-corrected chi connectivity index (χ3v) is 4.72. The molecule has 0 radical (unpaired) electrons. The van der Waals surface area contributed by atoms with Gasteiger partial charge in [0.2, 0.25) is 5.91 Å². The fraction of sp³-hybridized carbons (Fsp3) is 0.467. The lowest BCUT2D eigenvalue weighted by molar-refractivity contribution is -0.117. The quantitative estimate of drug-likeness (QED) is 0.906. The van der Waals surface area contributed by atoms with Crippen LogP contribution in [0.1, 0.15) is 12.8 Å². The number of hydrogen-bond donors (Lipinski definition) is 2. The monoisotopic (exact) mass is 305 g/mol. The summed E-state index contributed by atoms with van der Waals surface area (Å²) in [6, 6.07) is 7.85. The van der Waals surface area contributed by atoms with Gasteiger partial charge in [0.15, 0.2) is 5.13 Å². The Hall–Kier alpha value is -1.50. The molecule has 1 unspecified atom stereocenters. The van der Waals surface area contributed by atoms with E-state index in [0.717, 1.165) is 36.1 Å². The van der Waals surface area contributed by atoms with E-state index in [1.165, 1.54) is 11.3 Å². The molecule has 1 aliphatic rings. The molecule has 6 heteroatoms. The van der Waals surface area contributed by atoms with Crippen LogP contribution in [0.4, 0.5) is 5.13 Å². The summed E-state index contributed by atoms with van der Waals surface area (Å²) < 4.78 is 1.08. The van der Waals surface area contributed by atoms with Crippen molar-refractivity contribution in [3.8, 4) is 0 Å². The maximum Gasteiger partial charge on any atom is 0.240 e. The molecule has 1 atom stereocenters. The standard InChI is InChI=1S/C15H19N3O2S/c19-10-11-4-3-7-18(8-11)9-14(20)17-15-16-12-5-1-2-6-13(12)21-15/h1-2,5-6,11,19H,3-4,7-10H2,(H,16,17,20). The lowest BCUT2D eigenvalue weighted by atomic mass is 9.99. The van der Waals surface area contributed by atoms with E-state index >= 15 is 0 Å². The van der Waals surface area contributed by atoms with Crippen LogP contribution in [0.3, 0.4) is 0 Å². The van der Waals surface area contributed by atoms with Crippen molar-refractivity contribution in [3.63, 3.8) is 0 Å². The predicted octanol–water partition coefficient (Wildman–Crippen LogP) is 1.94. The Labute approximate surface area is 127 Å². The summed E-state index contributed by atoms with van der Waals surface area (Å²) >= 11 is 1.49. The van der Waals surface area contributed by atoms with Crippen LogP contribution in [-0.4, -0.2) is 47.1 Å². The Morgan fingerprint density at radius 2 is 2.33 bits per heavy atom. The SMILES string of the molecule is O=C(CN1CCCC(CO)C1)Nc1nc2ccccc2s1. The van der Waals surface area contributed by atoms with Crippen molar-refractivity contribution >= 4 is 32.6 Å². The molecule has 2 heterocycles. The number of anilines is 1. The number of carbonyl (C=O) groups excluding carboxylic acids is 1. The number of fused-ring (bicyclic) bond motifs is 1. The lowest BCUT2D eigenvalue weighted by Crippen LogP contribution is -2.41. The maximum absolute atomic E-state index is 12.1. The zero-order valence-electron chi connectivity index (χ0n) is 11.8. The minimum absolute atomic E-state index is 0.0346. The summed E-state index contributed by atoms with van der Waals surface area (Å²) in [7, 11) is 0. The molecular formula is C15H19N3O2S. The Kier molecular flexibility index (Phi) is 4.48. The molecule has 0 saturated carbocycles. The largest absolute Gasteiger partial charge is 0.396 e. The van der Waals surface area contributed by atoms with Gasteiger partial charge in [-0.05, 0) is 37.4 Å². The Morgan fingerprint density at radius 1 is 1.48 bits per heavy atom. The van der Waals surface area contributed by atoms with Crippen LogP contribution < -0.4 is 5.32 Å². The van der Waals surface area contributed by atoms with Crippen molar-refractivity contribution in [3.05, 3.63) is 24.3 Å². The fourth-order valence-electron chi connectivity index (χ4n) is 2.73. The third-order valence-electron chi connectivity index (χ3n) is 3.77. The van der Waals surface area contributed by atoms with Crippen LogP contribution in [0.15, 0.2) is 24.3 Å². The van der Waals surface area contributed by atoms with Gasteiger partial charge in [-0.3, -0.25) is 9.69 Å².